The van der Waals surface area contributed by atoms with E-state index in [1.807, 2.05) is 13.8 Å². The van der Waals surface area contributed by atoms with Crippen LogP contribution in [-0.4, -0.2) is 42.6 Å². The van der Waals surface area contributed by atoms with Gasteiger partial charge in [0.15, 0.2) is 18.1 Å². The van der Waals surface area contributed by atoms with Crippen LogP contribution in [0.5, 0.6) is 11.5 Å². The molecule has 0 saturated heterocycles. The van der Waals surface area contributed by atoms with Crippen molar-refractivity contribution < 1.29 is 14.3 Å². The minimum Gasteiger partial charge on any atom is -0.493 e. The van der Waals surface area contributed by atoms with Crippen LogP contribution in [0.4, 0.5) is 0 Å². The fraction of sp³-hybridized carbons (Fsp3) is 0.429. The number of carbonyl (C=O) groups is 1. The Balaban J connectivity index is 2.77. The first kappa shape index (κ1) is 16.2. The average Bonchev–Trinajstić information content (AvgIpc) is 2.45. The summed E-state index contributed by atoms with van der Waals surface area (Å²) in [6.45, 7) is 5.16. The normalized spacial score (nSPS) is 9.95. The van der Waals surface area contributed by atoms with Gasteiger partial charge in [0.1, 0.15) is 4.99 Å². The molecule has 0 aliphatic heterocycles. The maximum atomic E-state index is 11.9. The molecule has 0 heterocycles. The smallest absolute Gasteiger partial charge is 0.260 e. The molecule has 1 aromatic rings. The number of rotatable bonds is 7. The zero-order valence-electron chi connectivity index (χ0n) is 12.0. The van der Waals surface area contributed by atoms with Gasteiger partial charge in [-0.05, 0) is 32.0 Å². The minimum atomic E-state index is -0.0597. The Labute approximate surface area is 124 Å². The van der Waals surface area contributed by atoms with Crippen LogP contribution in [-0.2, 0) is 4.79 Å². The van der Waals surface area contributed by atoms with Gasteiger partial charge in [-0.25, -0.2) is 0 Å². The quantitative estimate of drug-likeness (QED) is 0.774. The van der Waals surface area contributed by atoms with E-state index in [0.717, 1.165) is 0 Å². The number of hydrogen-bond donors (Lipinski definition) is 1. The van der Waals surface area contributed by atoms with Crippen molar-refractivity contribution in [2.75, 3.05) is 26.8 Å². The van der Waals surface area contributed by atoms with E-state index < -0.39 is 0 Å². The second kappa shape index (κ2) is 7.69. The molecule has 0 spiro atoms. The Hall–Kier alpha value is -1.82. The number of nitrogens with zero attached hydrogens (tertiary/aromatic N) is 1. The molecule has 0 aliphatic carbocycles. The van der Waals surface area contributed by atoms with E-state index in [1.54, 1.807) is 23.1 Å². The number of amides is 1. The monoisotopic (exact) mass is 296 g/mol. The molecular weight excluding hydrogens is 276 g/mol. The van der Waals surface area contributed by atoms with Crippen LogP contribution in [0.15, 0.2) is 18.2 Å². The van der Waals surface area contributed by atoms with E-state index in [-0.39, 0.29) is 17.5 Å². The predicted octanol–water partition coefficient (Wildman–Crippen LogP) is 1.58. The van der Waals surface area contributed by atoms with Gasteiger partial charge < -0.3 is 20.1 Å². The maximum absolute atomic E-state index is 11.9. The van der Waals surface area contributed by atoms with Crippen LogP contribution in [0, 0.1) is 0 Å². The van der Waals surface area contributed by atoms with Crippen LogP contribution >= 0.6 is 12.2 Å². The molecule has 6 heteroatoms. The highest BCUT2D eigenvalue weighted by molar-refractivity contribution is 7.80. The highest BCUT2D eigenvalue weighted by Gasteiger charge is 2.13. The summed E-state index contributed by atoms with van der Waals surface area (Å²) in [6.07, 6.45) is 0. The number of likely N-dealkylation sites (N-methyl/N-ethyl adjacent to an activating group) is 1. The zero-order chi connectivity index (χ0) is 15.1. The summed E-state index contributed by atoms with van der Waals surface area (Å²) in [7, 11) is 1.53. The van der Waals surface area contributed by atoms with Crippen LogP contribution < -0.4 is 15.2 Å². The van der Waals surface area contributed by atoms with Gasteiger partial charge >= 0.3 is 0 Å². The number of ether oxygens (including phenoxy) is 2. The van der Waals surface area contributed by atoms with Gasteiger partial charge in [-0.3, -0.25) is 4.79 Å². The lowest BCUT2D eigenvalue weighted by atomic mass is 10.2. The Bertz CT molecular complexity index is 487. The van der Waals surface area contributed by atoms with Crippen molar-refractivity contribution in [3.05, 3.63) is 23.8 Å². The summed E-state index contributed by atoms with van der Waals surface area (Å²) in [4.78, 5) is 13.9. The van der Waals surface area contributed by atoms with Crippen LogP contribution in [0.2, 0.25) is 0 Å². The van der Waals surface area contributed by atoms with E-state index in [0.29, 0.717) is 30.2 Å². The van der Waals surface area contributed by atoms with E-state index >= 15 is 0 Å². The van der Waals surface area contributed by atoms with E-state index in [9.17, 15) is 4.79 Å². The van der Waals surface area contributed by atoms with Crippen molar-refractivity contribution in [2.45, 2.75) is 13.8 Å². The lowest BCUT2D eigenvalue weighted by molar-refractivity contribution is -0.132. The molecule has 20 heavy (non-hydrogen) atoms. The molecule has 0 aromatic heterocycles. The molecule has 1 amide bonds. The molecule has 0 fully saturated rings. The average molecular weight is 296 g/mol. The Kier molecular flexibility index (Phi) is 6.24. The lowest BCUT2D eigenvalue weighted by Gasteiger charge is -2.19. The molecule has 0 radical (unpaired) electrons. The van der Waals surface area contributed by atoms with Crippen LogP contribution in [0.3, 0.4) is 0 Å². The third kappa shape index (κ3) is 4.09. The summed E-state index contributed by atoms with van der Waals surface area (Å²) in [5.74, 6) is 0.936. The number of methoxy groups -OCH3 is 1. The molecule has 1 rings (SSSR count). The van der Waals surface area contributed by atoms with Crippen molar-refractivity contribution in [2.24, 2.45) is 5.73 Å². The summed E-state index contributed by atoms with van der Waals surface area (Å²) in [5.41, 5.74) is 6.25. The number of hydrogen-bond acceptors (Lipinski definition) is 4. The highest BCUT2D eigenvalue weighted by Crippen LogP contribution is 2.28. The van der Waals surface area contributed by atoms with Crippen molar-refractivity contribution >= 4 is 23.1 Å². The SMILES string of the molecule is CCN(CC)C(=O)COc1ccc(C(N)=S)cc1OC. The molecule has 0 aliphatic rings. The second-order valence-corrected chi connectivity index (χ2v) is 4.52. The van der Waals surface area contributed by atoms with E-state index in [2.05, 4.69) is 0 Å². The third-order valence-electron chi connectivity index (χ3n) is 2.92. The number of carbonyl (C=O) groups excluding carboxylic acids is 1. The summed E-state index contributed by atoms with van der Waals surface area (Å²) < 4.78 is 10.7. The molecule has 0 bridgehead atoms. The summed E-state index contributed by atoms with van der Waals surface area (Å²) in [6, 6.07) is 5.13. The van der Waals surface area contributed by atoms with Crippen molar-refractivity contribution in [3.63, 3.8) is 0 Å². The topological polar surface area (TPSA) is 64.8 Å². The van der Waals surface area contributed by atoms with Crippen LogP contribution in [0.1, 0.15) is 19.4 Å². The zero-order valence-corrected chi connectivity index (χ0v) is 12.8. The first-order valence-electron chi connectivity index (χ1n) is 6.41. The highest BCUT2D eigenvalue weighted by atomic mass is 32.1. The van der Waals surface area contributed by atoms with Gasteiger partial charge in [-0.15, -0.1) is 0 Å². The standard InChI is InChI=1S/C14H20N2O3S/c1-4-16(5-2)13(17)9-19-11-7-6-10(14(15)20)8-12(11)18-3/h6-8H,4-5,9H2,1-3H3,(H2,15,20). The van der Waals surface area contributed by atoms with Crippen LogP contribution in [0.25, 0.3) is 0 Å². The number of nitrogens with two attached hydrogens (primary N) is 1. The van der Waals surface area contributed by atoms with Crippen molar-refractivity contribution in [1.82, 2.24) is 4.90 Å². The first-order chi connectivity index (χ1) is 9.53. The van der Waals surface area contributed by atoms with Gasteiger partial charge in [-0.2, -0.15) is 0 Å². The molecule has 110 valence electrons. The molecule has 5 nitrogen and oxygen atoms in total. The predicted molar refractivity (Wildman–Crippen MR) is 82.3 cm³/mol. The minimum absolute atomic E-state index is 0.0234. The summed E-state index contributed by atoms with van der Waals surface area (Å²) in [5, 5.41) is 0. The van der Waals surface area contributed by atoms with Crippen molar-refractivity contribution in [1.29, 1.82) is 0 Å². The molecule has 2 N–H and O–H groups in total. The lowest BCUT2D eigenvalue weighted by Crippen LogP contribution is -2.34. The molecule has 0 unspecified atom stereocenters. The second-order valence-electron chi connectivity index (χ2n) is 4.08. The Morgan fingerprint density at radius 1 is 1.30 bits per heavy atom. The van der Waals surface area contributed by atoms with Gasteiger partial charge in [0, 0.05) is 18.7 Å². The summed E-state index contributed by atoms with van der Waals surface area (Å²) >= 11 is 4.91. The van der Waals surface area contributed by atoms with Gasteiger partial charge in [-0.1, -0.05) is 12.2 Å². The fourth-order valence-electron chi connectivity index (χ4n) is 1.75. The Morgan fingerprint density at radius 2 is 1.95 bits per heavy atom. The van der Waals surface area contributed by atoms with Gasteiger partial charge in [0.2, 0.25) is 0 Å². The Morgan fingerprint density at radius 3 is 2.45 bits per heavy atom. The molecule has 0 atom stereocenters. The van der Waals surface area contributed by atoms with E-state index in [1.165, 1.54) is 7.11 Å². The molecule has 0 saturated carbocycles. The van der Waals surface area contributed by atoms with Gasteiger partial charge in [0.05, 0.1) is 7.11 Å². The fourth-order valence-corrected chi connectivity index (χ4v) is 1.87. The number of thiocarbonyl (C=S) groups is 1. The molecule has 1 aromatic carbocycles. The van der Waals surface area contributed by atoms with Gasteiger partial charge in [0.25, 0.3) is 5.91 Å². The number of benzene rings is 1. The molecular formula is C14H20N2O3S. The third-order valence-corrected chi connectivity index (χ3v) is 3.15. The largest absolute Gasteiger partial charge is 0.493 e. The first-order valence-corrected chi connectivity index (χ1v) is 6.82. The van der Waals surface area contributed by atoms with Crippen molar-refractivity contribution in [3.8, 4) is 11.5 Å². The maximum Gasteiger partial charge on any atom is 0.260 e. The van der Waals surface area contributed by atoms with E-state index in [4.69, 9.17) is 27.4 Å².